The summed E-state index contributed by atoms with van der Waals surface area (Å²) in [5.41, 5.74) is -0.310. The Kier molecular flexibility index (Phi) is 4.20. The van der Waals surface area contributed by atoms with Crippen LogP contribution >= 0.6 is 0 Å². The van der Waals surface area contributed by atoms with Crippen LogP contribution in [0.5, 0.6) is 0 Å². The number of carbonyl (C=O) groups is 1. The number of aryl methyl sites for hydroxylation is 1. The van der Waals surface area contributed by atoms with Crippen LogP contribution in [0.3, 0.4) is 0 Å². The maximum Gasteiger partial charge on any atom is 0.339 e. The van der Waals surface area contributed by atoms with E-state index in [9.17, 15) is 9.90 Å². The number of likely N-dealkylation sites (N-methyl/N-ethyl adjacent to an activating group) is 1. The Morgan fingerprint density at radius 2 is 2.15 bits per heavy atom. The predicted octanol–water partition coefficient (Wildman–Crippen LogP) is 0.461. The number of aromatic carboxylic acids is 1. The van der Waals surface area contributed by atoms with Crippen LogP contribution in [0, 0.1) is 6.92 Å². The maximum atomic E-state index is 10.9. The van der Waals surface area contributed by atoms with Crippen LogP contribution in [-0.2, 0) is 4.74 Å². The second-order valence-corrected chi connectivity index (χ2v) is 5.17. The minimum absolute atomic E-state index is 0.0897. The highest BCUT2D eigenvalue weighted by molar-refractivity contribution is 5.88. The van der Waals surface area contributed by atoms with Crippen molar-refractivity contribution >= 4 is 11.9 Å². The zero-order chi connectivity index (χ0) is 14.8. The average molecular weight is 281 g/mol. The zero-order valence-corrected chi connectivity index (χ0v) is 11.7. The molecule has 0 unspecified atom stereocenters. The van der Waals surface area contributed by atoms with Gasteiger partial charge in [0.15, 0.2) is 0 Å². The lowest BCUT2D eigenvalue weighted by Gasteiger charge is -2.35. The monoisotopic (exact) mass is 281 g/mol. The van der Waals surface area contributed by atoms with E-state index in [-0.39, 0.29) is 5.56 Å². The fourth-order valence-electron chi connectivity index (χ4n) is 2.27. The van der Waals surface area contributed by atoms with E-state index >= 15 is 0 Å². The van der Waals surface area contributed by atoms with Gasteiger partial charge in [0.2, 0.25) is 5.95 Å². The number of rotatable bonds is 4. The fourth-order valence-corrected chi connectivity index (χ4v) is 2.27. The lowest BCUT2D eigenvalue weighted by Crippen LogP contribution is -2.46. The van der Waals surface area contributed by atoms with E-state index in [1.54, 1.807) is 18.9 Å². The van der Waals surface area contributed by atoms with E-state index in [1.807, 2.05) is 0 Å². The van der Waals surface area contributed by atoms with Crippen LogP contribution in [0.25, 0.3) is 0 Å². The van der Waals surface area contributed by atoms with Crippen molar-refractivity contribution in [2.75, 3.05) is 31.7 Å². The van der Waals surface area contributed by atoms with Crippen molar-refractivity contribution in [3.8, 4) is 0 Å². The highest BCUT2D eigenvalue weighted by Gasteiger charge is 2.31. The van der Waals surface area contributed by atoms with Gasteiger partial charge in [0, 0.05) is 45.8 Å². The number of aliphatic hydroxyl groups is 1. The summed E-state index contributed by atoms with van der Waals surface area (Å²) in [7, 11) is 1.78. The van der Waals surface area contributed by atoms with Crippen molar-refractivity contribution in [1.29, 1.82) is 0 Å². The van der Waals surface area contributed by atoms with Crippen molar-refractivity contribution in [2.24, 2.45) is 0 Å². The maximum absolute atomic E-state index is 10.9. The predicted molar refractivity (Wildman–Crippen MR) is 72.0 cm³/mol. The second kappa shape index (κ2) is 5.72. The van der Waals surface area contributed by atoms with Gasteiger partial charge in [-0.2, -0.15) is 0 Å². The largest absolute Gasteiger partial charge is 0.478 e. The average Bonchev–Trinajstić information content (AvgIpc) is 2.38. The molecule has 20 heavy (non-hydrogen) atoms. The van der Waals surface area contributed by atoms with Crippen molar-refractivity contribution in [2.45, 2.75) is 25.4 Å². The van der Waals surface area contributed by atoms with Crippen molar-refractivity contribution in [3.63, 3.8) is 0 Å². The number of hydrogen-bond acceptors (Lipinski definition) is 6. The molecule has 0 aliphatic carbocycles. The molecule has 1 aliphatic rings. The lowest BCUT2D eigenvalue weighted by atomic mass is 9.94. The summed E-state index contributed by atoms with van der Waals surface area (Å²) in [6.07, 6.45) is 2.44. The van der Waals surface area contributed by atoms with E-state index in [2.05, 4.69) is 9.97 Å². The van der Waals surface area contributed by atoms with Crippen LogP contribution in [0.4, 0.5) is 5.95 Å². The third-order valence-electron chi connectivity index (χ3n) is 3.49. The SMILES string of the molecule is Cc1nc(N(C)CC2(O)CCOCC2)ncc1C(=O)O. The molecule has 2 rings (SSSR count). The second-order valence-electron chi connectivity index (χ2n) is 5.17. The molecule has 1 fully saturated rings. The molecule has 0 amide bonds. The van der Waals surface area contributed by atoms with Gasteiger partial charge in [-0.05, 0) is 6.92 Å². The van der Waals surface area contributed by atoms with Gasteiger partial charge in [-0.15, -0.1) is 0 Å². The summed E-state index contributed by atoms with van der Waals surface area (Å²) in [4.78, 5) is 20.9. The highest BCUT2D eigenvalue weighted by atomic mass is 16.5. The van der Waals surface area contributed by atoms with Crippen molar-refractivity contribution in [1.82, 2.24) is 9.97 Å². The Balaban J connectivity index is 2.11. The summed E-state index contributed by atoms with van der Waals surface area (Å²) >= 11 is 0. The number of carboxylic acid groups (broad SMARTS) is 1. The van der Waals surface area contributed by atoms with Gasteiger partial charge in [0.25, 0.3) is 0 Å². The first kappa shape index (κ1) is 14.7. The molecule has 2 heterocycles. The number of hydrogen-bond donors (Lipinski definition) is 2. The third kappa shape index (κ3) is 3.23. The van der Waals surface area contributed by atoms with Gasteiger partial charge in [-0.1, -0.05) is 0 Å². The van der Waals surface area contributed by atoms with E-state index in [1.165, 1.54) is 6.20 Å². The number of ether oxygens (including phenoxy) is 1. The molecule has 0 spiro atoms. The summed E-state index contributed by atoms with van der Waals surface area (Å²) < 4.78 is 5.24. The first-order chi connectivity index (χ1) is 9.41. The molecular weight excluding hydrogens is 262 g/mol. The summed E-state index contributed by atoms with van der Waals surface area (Å²) in [5, 5.41) is 19.4. The highest BCUT2D eigenvalue weighted by Crippen LogP contribution is 2.22. The molecule has 0 aromatic carbocycles. The van der Waals surface area contributed by atoms with Gasteiger partial charge in [-0.25, -0.2) is 14.8 Å². The standard InChI is InChI=1S/C13H19N3O4/c1-9-10(11(17)18)7-14-12(15-9)16(2)8-13(19)3-5-20-6-4-13/h7,19H,3-6,8H2,1-2H3,(H,17,18). The zero-order valence-electron chi connectivity index (χ0n) is 11.7. The molecule has 2 N–H and O–H groups in total. The van der Waals surface area contributed by atoms with Gasteiger partial charge in [0.1, 0.15) is 0 Å². The minimum atomic E-state index is -1.04. The smallest absolute Gasteiger partial charge is 0.339 e. The Morgan fingerprint density at radius 3 is 2.70 bits per heavy atom. The number of carboxylic acids is 1. The molecule has 1 aromatic rings. The van der Waals surface area contributed by atoms with Crippen LogP contribution < -0.4 is 4.90 Å². The summed E-state index contributed by atoms with van der Waals surface area (Å²) in [5.74, 6) is -0.632. The van der Waals surface area contributed by atoms with Gasteiger partial charge in [-0.3, -0.25) is 0 Å². The number of anilines is 1. The topological polar surface area (TPSA) is 95.8 Å². The van der Waals surface area contributed by atoms with Crippen LogP contribution in [0.15, 0.2) is 6.20 Å². The normalized spacial score (nSPS) is 17.8. The Morgan fingerprint density at radius 1 is 1.50 bits per heavy atom. The van der Waals surface area contributed by atoms with Gasteiger partial charge >= 0.3 is 5.97 Å². The number of nitrogens with zero attached hydrogens (tertiary/aromatic N) is 3. The third-order valence-corrected chi connectivity index (χ3v) is 3.49. The molecule has 7 heteroatoms. The molecule has 0 atom stereocenters. The van der Waals surface area contributed by atoms with Gasteiger partial charge < -0.3 is 19.8 Å². The molecule has 0 bridgehead atoms. The van der Waals surface area contributed by atoms with E-state index in [0.717, 1.165) is 0 Å². The first-order valence-corrected chi connectivity index (χ1v) is 6.49. The quantitative estimate of drug-likeness (QED) is 0.827. The summed E-state index contributed by atoms with van der Waals surface area (Å²) in [6, 6.07) is 0. The molecule has 1 aromatic heterocycles. The first-order valence-electron chi connectivity index (χ1n) is 6.49. The molecule has 1 saturated heterocycles. The lowest BCUT2D eigenvalue weighted by molar-refractivity contribution is -0.0574. The molecule has 0 radical (unpaired) electrons. The van der Waals surface area contributed by atoms with E-state index in [0.29, 0.717) is 44.2 Å². The Bertz CT molecular complexity index is 500. The van der Waals surface area contributed by atoms with Crippen molar-refractivity contribution < 1.29 is 19.7 Å². The molecule has 0 saturated carbocycles. The number of aromatic nitrogens is 2. The summed E-state index contributed by atoms with van der Waals surface area (Å²) in [6.45, 7) is 3.11. The van der Waals surface area contributed by atoms with E-state index in [4.69, 9.17) is 9.84 Å². The Hall–Kier alpha value is -1.73. The van der Waals surface area contributed by atoms with Crippen LogP contribution in [0.1, 0.15) is 28.9 Å². The van der Waals surface area contributed by atoms with E-state index < -0.39 is 11.6 Å². The Labute approximate surface area is 117 Å². The molecular formula is C13H19N3O4. The van der Waals surface area contributed by atoms with Crippen LogP contribution in [0.2, 0.25) is 0 Å². The minimum Gasteiger partial charge on any atom is -0.478 e. The molecule has 7 nitrogen and oxygen atoms in total. The van der Waals surface area contributed by atoms with Crippen molar-refractivity contribution in [3.05, 3.63) is 17.5 Å². The fraction of sp³-hybridized carbons (Fsp3) is 0.615. The van der Waals surface area contributed by atoms with Gasteiger partial charge in [0.05, 0.1) is 16.9 Å². The molecule has 1 aliphatic heterocycles. The molecule has 110 valence electrons. The van der Waals surface area contributed by atoms with Crippen LogP contribution in [-0.4, -0.2) is 58.6 Å².